The lowest BCUT2D eigenvalue weighted by molar-refractivity contribution is 0.628. The van der Waals surface area contributed by atoms with Gasteiger partial charge in [-0.05, 0) is 35.4 Å². The highest BCUT2D eigenvalue weighted by Crippen LogP contribution is 2.45. The molecule has 0 bridgehead atoms. The molecule has 0 fully saturated rings. The minimum Gasteiger partial charge on any atom is -0.368 e. The number of halogens is 1. The molecule has 0 saturated heterocycles. The maximum Gasteiger partial charge on any atom is 0.138 e. The molecule has 0 radical (unpaired) electrons. The molecule has 3 heterocycles. The number of nitrogens with zero attached hydrogens (tertiary/aromatic N) is 3. The number of pyridine rings is 1. The fourth-order valence-electron chi connectivity index (χ4n) is 2.86. The highest BCUT2D eigenvalue weighted by atomic mass is 32.1. The molecule has 0 spiro atoms. The average Bonchev–Trinajstić information content (AvgIpc) is 3.08. The average molecular weight is 365 g/mol. The van der Waals surface area contributed by atoms with E-state index < -0.39 is 0 Å². The van der Waals surface area contributed by atoms with Crippen molar-refractivity contribution in [1.29, 1.82) is 0 Å². The van der Waals surface area contributed by atoms with Gasteiger partial charge in [0.1, 0.15) is 22.8 Å². The van der Waals surface area contributed by atoms with E-state index in [4.69, 9.17) is 5.73 Å². The zero-order valence-corrected chi connectivity index (χ0v) is 14.6. The van der Waals surface area contributed by atoms with Gasteiger partial charge in [0.25, 0.3) is 0 Å². The third kappa shape index (κ3) is 3.02. The lowest BCUT2D eigenvalue weighted by atomic mass is 10.00. The van der Waals surface area contributed by atoms with Crippen LogP contribution in [0.1, 0.15) is 0 Å². The second kappa shape index (κ2) is 7.15. The topological polar surface area (TPSA) is 76.7 Å². The van der Waals surface area contributed by atoms with E-state index >= 15 is 0 Å². The highest BCUT2D eigenvalue weighted by molar-refractivity contribution is 7.22. The van der Waals surface area contributed by atoms with E-state index in [1.54, 1.807) is 42.2 Å². The molecule has 0 atom stereocenters. The Balaban J connectivity index is 2.01. The summed E-state index contributed by atoms with van der Waals surface area (Å²) in [4.78, 5) is 14.9. The zero-order valence-electron chi connectivity index (χ0n) is 13.8. The quantitative estimate of drug-likeness (QED) is 0.560. The van der Waals surface area contributed by atoms with Crippen molar-refractivity contribution >= 4 is 27.4 Å². The molecule has 0 unspecified atom stereocenters. The summed E-state index contributed by atoms with van der Waals surface area (Å²) in [6.45, 7) is 1.11. The molecule has 1 aromatic carbocycles. The fourth-order valence-corrected chi connectivity index (χ4v) is 4.03. The van der Waals surface area contributed by atoms with Crippen LogP contribution in [0.2, 0.25) is 0 Å². The summed E-state index contributed by atoms with van der Waals surface area (Å²) in [5.41, 5.74) is 8.56. The molecular formula is C19H16FN5S. The molecular weight excluding hydrogens is 349 g/mol. The number of aromatic nitrogens is 3. The van der Waals surface area contributed by atoms with Gasteiger partial charge < -0.3 is 11.1 Å². The molecule has 5 nitrogen and oxygen atoms in total. The summed E-state index contributed by atoms with van der Waals surface area (Å²) >= 11 is 1.58. The standard InChI is InChI=1S/C19H16FN5S/c20-14-3-1-12(2-4-14)15-16-18(23-10-7-21)24-11-25-19(16)26-17(15)13-5-8-22-9-6-13/h1-6,8-9,11H,7,10,21H2,(H,23,24,25). The Hall–Kier alpha value is -2.90. The summed E-state index contributed by atoms with van der Waals surface area (Å²) in [7, 11) is 0. The van der Waals surface area contributed by atoms with E-state index in [0.717, 1.165) is 37.6 Å². The molecule has 3 aromatic heterocycles. The van der Waals surface area contributed by atoms with Gasteiger partial charge in [0.05, 0.1) is 5.39 Å². The molecule has 26 heavy (non-hydrogen) atoms. The van der Waals surface area contributed by atoms with Crippen LogP contribution in [0.3, 0.4) is 0 Å². The number of fused-ring (bicyclic) bond motifs is 1. The summed E-state index contributed by atoms with van der Waals surface area (Å²) in [5, 5.41) is 4.19. The van der Waals surface area contributed by atoms with Crippen LogP contribution in [-0.4, -0.2) is 28.0 Å². The van der Waals surface area contributed by atoms with Gasteiger partial charge in [0, 0.05) is 35.9 Å². The fraction of sp³-hybridized carbons (Fsp3) is 0.105. The summed E-state index contributed by atoms with van der Waals surface area (Å²) in [5.74, 6) is 0.466. The first-order chi connectivity index (χ1) is 12.8. The van der Waals surface area contributed by atoms with Crippen LogP contribution in [0.25, 0.3) is 31.8 Å². The number of rotatable bonds is 5. The van der Waals surface area contributed by atoms with Gasteiger partial charge >= 0.3 is 0 Å². The van der Waals surface area contributed by atoms with Crippen LogP contribution in [0.15, 0.2) is 55.1 Å². The molecule has 4 rings (SSSR count). The summed E-state index contributed by atoms with van der Waals surface area (Å²) in [6, 6.07) is 10.4. The summed E-state index contributed by atoms with van der Waals surface area (Å²) < 4.78 is 13.5. The van der Waals surface area contributed by atoms with Crippen LogP contribution >= 0.6 is 11.3 Å². The number of nitrogens with two attached hydrogens (primary N) is 1. The van der Waals surface area contributed by atoms with E-state index in [0.29, 0.717) is 13.1 Å². The van der Waals surface area contributed by atoms with E-state index in [1.165, 1.54) is 12.1 Å². The van der Waals surface area contributed by atoms with Crippen molar-refractivity contribution in [2.24, 2.45) is 5.73 Å². The van der Waals surface area contributed by atoms with Crippen LogP contribution in [-0.2, 0) is 0 Å². The van der Waals surface area contributed by atoms with E-state index in [9.17, 15) is 4.39 Å². The molecule has 0 saturated carbocycles. The Morgan fingerprint density at radius 3 is 2.50 bits per heavy atom. The second-order valence-corrected chi connectivity index (χ2v) is 6.67. The van der Waals surface area contributed by atoms with Crippen molar-refractivity contribution in [3.63, 3.8) is 0 Å². The largest absolute Gasteiger partial charge is 0.368 e. The third-order valence-electron chi connectivity index (χ3n) is 4.00. The van der Waals surface area contributed by atoms with Crippen LogP contribution < -0.4 is 11.1 Å². The van der Waals surface area contributed by atoms with Crippen molar-refractivity contribution in [2.45, 2.75) is 0 Å². The normalized spacial score (nSPS) is 11.0. The first-order valence-electron chi connectivity index (χ1n) is 8.15. The number of anilines is 1. The first kappa shape index (κ1) is 16.6. The molecule has 0 amide bonds. The van der Waals surface area contributed by atoms with Crippen LogP contribution in [0.4, 0.5) is 10.2 Å². The van der Waals surface area contributed by atoms with E-state index in [1.807, 2.05) is 12.1 Å². The monoisotopic (exact) mass is 365 g/mol. The number of benzene rings is 1. The Bertz CT molecular complexity index is 1030. The Kier molecular flexibility index (Phi) is 4.55. The molecule has 130 valence electrons. The minimum absolute atomic E-state index is 0.267. The predicted molar refractivity (Wildman–Crippen MR) is 104 cm³/mol. The highest BCUT2D eigenvalue weighted by Gasteiger charge is 2.20. The Labute approximate surface area is 153 Å². The maximum atomic E-state index is 13.5. The number of hydrogen-bond donors (Lipinski definition) is 2. The maximum absolute atomic E-state index is 13.5. The van der Waals surface area contributed by atoms with Crippen molar-refractivity contribution in [3.05, 3.63) is 60.9 Å². The van der Waals surface area contributed by atoms with Gasteiger partial charge in [-0.3, -0.25) is 4.98 Å². The number of hydrogen-bond acceptors (Lipinski definition) is 6. The lowest BCUT2D eigenvalue weighted by Crippen LogP contribution is -2.14. The van der Waals surface area contributed by atoms with Gasteiger partial charge in [0.2, 0.25) is 0 Å². The van der Waals surface area contributed by atoms with Crippen molar-refractivity contribution in [2.75, 3.05) is 18.4 Å². The molecule has 4 aromatic rings. The molecule has 3 N–H and O–H groups in total. The van der Waals surface area contributed by atoms with Crippen molar-refractivity contribution in [1.82, 2.24) is 15.0 Å². The van der Waals surface area contributed by atoms with Gasteiger partial charge in [-0.15, -0.1) is 11.3 Å². The van der Waals surface area contributed by atoms with E-state index in [-0.39, 0.29) is 5.82 Å². The SMILES string of the molecule is NCCNc1ncnc2sc(-c3ccncc3)c(-c3ccc(F)cc3)c12. The van der Waals surface area contributed by atoms with Gasteiger partial charge in [-0.2, -0.15) is 0 Å². The van der Waals surface area contributed by atoms with Gasteiger partial charge in [-0.25, -0.2) is 14.4 Å². The van der Waals surface area contributed by atoms with Gasteiger partial charge in [-0.1, -0.05) is 12.1 Å². The van der Waals surface area contributed by atoms with Gasteiger partial charge in [0.15, 0.2) is 0 Å². The predicted octanol–water partition coefficient (Wildman–Crippen LogP) is 3.93. The Morgan fingerprint density at radius 1 is 1.00 bits per heavy atom. The van der Waals surface area contributed by atoms with Crippen molar-refractivity contribution < 1.29 is 4.39 Å². The smallest absolute Gasteiger partial charge is 0.138 e. The lowest BCUT2D eigenvalue weighted by Gasteiger charge is -2.09. The first-order valence-corrected chi connectivity index (χ1v) is 8.97. The number of thiophene rings is 1. The number of nitrogens with one attached hydrogen (secondary N) is 1. The second-order valence-electron chi connectivity index (χ2n) is 5.67. The van der Waals surface area contributed by atoms with Crippen LogP contribution in [0.5, 0.6) is 0 Å². The molecule has 0 aliphatic heterocycles. The molecule has 0 aliphatic rings. The molecule has 0 aliphatic carbocycles. The third-order valence-corrected chi connectivity index (χ3v) is 5.15. The zero-order chi connectivity index (χ0) is 17.9. The Morgan fingerprint density at radius 2 is 1.77 bits per heavy atom. The minimum atomic E-state index is -0.267. The molecule has 7 heteroatoms. The summed E-state index contributed by atoms with van der Waals surface area (Å²) in [6.07, 6.45) is 5.06. The van der Waals surface area contributed by atoms with E-state index in [2.05, 4.69) is 20.3 Å². The van der Waals surface area contributed by atoms with Crippen molar-refractivity contribution in [3.8, 4) is 21.6 Å². The van der Waals surface area contributed by atoms with Crippen LogP contribution in [0, 0.1) is 5.82 Å².